The topological polar surface area (TPSA) is 84.9 Å². The summed E-state index contributed by atoms with van der Waals surface area (Å²) in [5.74, 6) is 0.681. The molecule has 0 atom stereocenters. The van der Waals surface area contributed by atoms with Crippen molar-refractivity contribution in [1.29, 1.82) is 0 Å². The number of carbonyl (C=O) groups is 1. The Balaban J connectivity index is 1.64. The molecule has 0 aliphatic heterocycles. The van der Waals surface area contributed by atoms with Gasteiger partial charge in [0.2, 0.25) is 10.0 Å². The van der Waals surface area contributed by atoms with Gasteiger partial charge in [0, 0.05) is 0 Å². The van der Waals surface area contributed by atoms with Gasteiger partial charge in [0.15, 0.2) is 6.61 Å². The Morgan fingerprint density at radius 2 is 1.69 bits per heavy atom. The summed E-state index contributed by atoms with van der Waals surface area (Å²) in [7, 11) is -1.95. The first-order valence-corrected chi connectivity index (χ1v) is 11.8. The second-order valence-electron chi connectivity index (χ2n) is 7.29. The Kier molecular flexibility index (Phi) is 7.37. The number of hydrogen-bond donors (Lipinski definition) is 1. The van der Waals surface area contributed by atoms with Crippen LogP contribution < -0.4 is 19.1 Å². The fraction of sp³-hybridized carbons (Fsp3) is 0.208. The molecule has 1 amide bonds. The molecule has 0 bridgehead atoms. The van der Waals surface area contributed by atoms with E-state index in [1.807, 2.05) is 49.4 Å². The van der Waals surface area contributed by atoms with Gasteiger partial charge in [0.1, 0.15) is 11.5 Å². The minimum absolute atomic E-state index is 0.198. The minimum atomic E-state index is -3.48. The fourth-order valence-electron chi connectivity index (χ4n) is 3.11. The Labute approximate surface area is 188 Å². The van der Waals surface area contributed by atoms with Crippen LogP contribution in [0.4, 0.5) is 11.4 Å². The number of hydrogen-bond acceptors (Lipinski definition) is 5. The van der Waals surface area contributed by atoms with Gasteiger partial charge in [-0.2, -0.15) is 0 Å². The molecule has 7 nitrogen and oxygen atoms in total. The van der Waals surface area contributed by atoms with Gasteiger partial charge in [0.05, 0.1) is 31.3 Å². The van der Waals surface area contributed by atoms with Crippen LogP contribution in [0.3, 0.4) is 0 Å². The molecule has 0 aromatic heterocycles. The number of sulfonamides is 1. The van der Waals surface area contributed by atoms with E-state index in [0.29, 0.717) is 22.9 Å². The number of amides is 1. The average molecular weight is 455 g/mol. The van der Waals surface area contributed by atoms with E-state index >= 15 is 0 Å². The summed E-state index contributed by atoms with van der Waals surface area (Å²) in [6.07, 6.45) is 1.17. The van der Waals surface area contributed by atoms with E-state index in [-0.39, 0.29) is 19.1 Å². The molecule has 32 heavy (non-hydrogen) atoms. The van der Waals surface area contributed by atoms with Crippen molar-refractivity contribution in [2.75, 3.05) is 29.6 Å². The summed E-state index contributed by atoms with van der Waals surface area (Å²) >= 11 is 0. The van der Waals surface area contributed by atoms with Crippen LogP contribution in [0.1, 0.15) is 11.1 Å². The number of rotatable bonds is 9. The highest BCUT2D eigenvalue weighted by Crippen LogP contribution is 2.26. The third kappa shape index (κ3) is 6.24. The van der Waals surface area contributed by atoms with Gasteiger partial charge in [-0.15, -0.1) is 0 Å². The molecule has 0 aliphatic carbocycles. The number of methoxy groups -OCH3 is 1. The van der Waals surface area contributed by atoms with Crippen LogP contribution in [0.5, 0.6) is 11.5 Å². The highest BCUT2D eigenvalue weighted by atomic mass is 32.2. The van der Waals surface area contributed by atoms with Crippen LogP contribution in [0.25, 0.3) is 0 Å². The zero-order chi connectivity index (χ0) is 23.1. The fourth-order valence-corrected chi connectivity index (χ4v) is 4.00. The van der Waals surface area contributed by atoms with E-state index in [9.17, 15) is 13.2 Å². The van der Waals surface area contributed by atoms with Crippen molar-refractivity contribution in [1.82, 2.24) is 0 Å². The van der Waals surface area contributed by atoms with Crippen molar-refractivity contribution in [3.8, 4) is 11.5 Å². The number of nitrogens with zero attached hydrogens (tertiary/aromatic N) is 1. The highest BCUT2D eigenvalue weighted by Gasteiger charge is 2.18. The van der Waals surface area contributed by atoms with Gasteiger partial charge in [0.25, 0.3) is 5.91 Å². The molecular formula is C24H26N2O5S. The molecular weight excluding hydrogens is 428 g/mol. The van der Waals surface area contributed by atoms with Crippen LogP contribution >= 0.6 is 0 Å². The molecule has 0 spiro atoms. The largest absolute Gasteiger partial charge is 0.495 e. The molecule has 0 saturated heterocycles. The molecule has 0 fully saturated rings. The van der Waals surface area contributed by atoms with Crippen molar-refractivity contribution < 1.29 is 22.7 Å². The lowest BCUT2D eigenvalue weighted by molar-refractivity contribution is -0.118. The maximum absolute atomic E-state index is 12.3. The van der Waals surface area contributed by atoms with E-state index in [0.717, 1.165) is 11.1 Å². The van der Waals surface area contributed by atoms with Gasteiger partial charge in [-0.3, -0.25) is 9.10 Å². The molecule has 3 aromatic rings. The summed E-state index contributed by atoms with van der Waals surface area (Å²) < 4.78 is 36.8. The SMILES string of the molecule is COc1ccc(C)cc1NC(=O)COc1ccc(N(Cc2ccccc2)S(C)(=O)=O)cc1. The maximum atomic E-state index is 12.3. The van der Waals surface area contributed by atoms with Crippen LogP contribution in [0.15, 0.2) is 72.8 Å². The Morgan fingerprint density at radius 3 is 2.31 bits per heavy atom. The van der Waals surface area contributed by atoms with Gasteiger partial charge in [-0.1, -0.05) is 36.4 Å². The van der Waals surface area contributed by atoms with Crippen molar-refractivity contribution >= 4 is 27.3 Å². The molecule has 0 saturated carbocycles. The first kappa shape index (κ1) is 23.1. The number of benzene rings is 3. The summed E-state index contributed by atoms with van der Waals surface area (Å²) in [6, 6.07) is 21.4. The molecule has 0 radical (unpaired) electrons. The van der Waals surface area contributed by atoms with Crippen LogP contribution in [-0.4, -0.2) is 34.3 Å². The Bertz CT molecular complexity index is 1160. The van der Waals surface area contributed by atoms with Crippen molar-refractivity contribution in [2.45, 2.75) is 13.5 Å². The quantitative estimate of drug-likeness (QED) is 0.529. The first-order valence-electron chi connectivity index (χ1n) is 9.95. The summed E-state index contributed by atoms with van der Waals surface area (Å²) in [5, 5.41) is 2.77. The predicted molar refractivity (Wildman–Crippen MR) is 126 cm³/mol. The Hall–Kier alpha value is -3.52. The van der Waals surface area contributed by atoms with Crippen LogP contribution in [-0.2, 0) is 21.4 Å². The molecule has 1 N–H and O–H groups in total. The summed E-state index contributed by atoms with van der Waals surface area (Å²) in [4.78, 5) is 12.3. The zero-order valence-corrected chi connectivity index (χ0v) is 19.1. The first-order chi connectivity index (χ1) is 15.3. The summed E-state index contributed by atoms with van der Waals surface area (Å²) in [5.41, 5.74) is 2.95. The minimum Gasteiger partial charge on any atom is -0.495 e. The predicted octanol–water partition coefficient (Wildman–Crippen LogP) is 3.99. The second-order valence-corrected chi connectivity index (χ2v) is 9.20. The van der Waals surface area contributed by atoms with E-state index in [4.69, 9.17) is 9.47 Å². The second kappa shape index (κ2) is 10.2. The monoisotopic (exact) mass is 454 g/mol. The number of aryl methyl sites for hydroxylation is 1. The standard InChI is InChI=1S/C24H26N2O5S/c1-18-9-14-23(30-2)22(15-18)25-24(27)17-31-21-12-10-20(11-13-21)26(32(3,28)29)16-19-7-5-4-6-8-19/h4-15H,16-17H2,1-3H3,(H,25,27). The van der Waals surface area contributed by atoms with Crippen LogP contribution in [0.2, 0.25) is 0 Å². The smallest absolute Gasteiger partial charge is 0.262 e. The Morgan fingerprint density at radius 1 is 1.00 bits per heavy atom. The lowest BCUT2D eigenvalue weighted by Crippen LogP contribution is -2.29. The lowest BCUT2D eigenvalue weighted by atomic mass is 10.2. The van der Waals surface area contributed by atoms with Crippen LogP contribution in [0, 0.1) is 6.92 Å². The third-order valence-electron chi connectivity index (χ3n) is 4.69. The van der Waals surface area contributed by atoms with E-state index in [1.54, 1.807) is 30.3 Å². The molecule has 8 heteroatoms. The average Bonchev–Trinajstić information content (AvgIpc) is 2.77. The normalized spacial score (nSPS) is 11.0. The molecule has 0 heterocycles. The zero-order valence-electron chi connectivity index (χ0n) is 18.2. The molecule has 0 unspecified atom stereocenters. The lowest BCUT2D eigenvalue weighted by Gasteiger charge is -2.22. The summed E-state index contributed by atoms with van der Waals surface area (Å²) in [6.45, 7) is 1.95. The molecule has 0 aliphatic rings. The third-order valence-corrected chi connectivity index (χ3v) is 5.83. The molecule has 3 rings (SSSR count). The maximum Gasteiger partial charge on any atom is 0.262 e. The number of carbonyl (C=O) groups excluding carboxylic acids is 1. The number of ether oxygens (including phenoxy) is 2. The van der Waals surface area contributed by atoms with E-state index in [1.165, 1.54) is 17.7 Å². The number of anilines is 2. The van der Waals surface area contributed by atoms with Gasteiger partial charge in [-0.25, -0.2) is 8.42 Å². The van der Waals surface area contributed by atoms with E-state index < -0.39 is 10.0 Å². The van der Waals surface area contributed by atoms with Gasteiger partial charge in [-0.05, 0) is 54.4 Å². The highest BCUT2D eigenvalue weighted by molar-refractivity contribution is 7.92. The number of nitrogens with one attached hydrogen (secondary N) is 1. The van der Waals surface area contributed by atoms with Crippen molar-refractivity contribution in [2.24, 2.45) is 0 Å². The molecule has 3 aromatic carbocycles. The van der Waals surface area contributed by atoms with Gasteiger partial charge < -0.3 is 14.8 Å². The van der Waals surface area contributed by atoms with Gasteiger partial charge >= 0.3 is 0 Å². The van der Waals surface area contributed by atoms with E-state index in [2.05, 4.69) is 5.32 Å². The van der Waals surface area contributed by atoms with Crippen molar-refractivity contribution in [3.05, 3.63) is 83.9 Å². The molecule has 168 valence electrons. The van der Waals surface area contributed by atoms with Crippen molar-refractivity contribution in [3.63, 3.8) is 0 Å².